The number of benzene rings is 2. The number of amides is 3. The van der Waals surface area contributed by atoms with E-state index in [1.54, 1.807) is 48.5 Å². The second-order valence-corrected chi connectivity index (χ2v) is 8.40. The Morgan fingerprint density at radius 2 is 1.65 bits per heavy atom. The largest absolute Gasteiger partial charge is 0.494 e. The van der Waals surface area contributed by atoms with Crippen LogP contribution >= 0.6 is 0 Å². The number of rotatable bonds is 10. The minimum absolute atomic E-state index is 0.0683. The molecule has 0 bridgehead atoms. The van der Waals surface area contributed by atoms with Crippen molar-refractivity contribution in [3.05, 3.63) is 54.1 Å². The quantitative estimate of drug-likeness (QED) is 0.498. The molecule has 0 radical (unpaired) electrons. The molecule has 3 N–H and O–H groups in total. The van der Waals surface area contributed by atoms with Gasteiger partial charge in [0.25, 0.3) is 5.91 Å². The monoisotopic (exact) mass is 466 g/mol. The van der Waals surface area contributed by atoms with Crippen molar-refractivity contribution in [3.8, 4) is 5.75 Å². The fourth-order valence-corrected chi connectivity index (χ4v) is 3.92. The first kappa shape index (κ1) is 25.2. The van der Waals surface area contributed by atoms with Gasteiger partial charge in [0.05, 0.1) is 19.1 Å². The lowest BCUT2D eigenvalue weighted by molar-refractivity contribution is -0.127. The van der Waals surface area contributed by atoms with Crippen molar-refractivity contribution < 1.29 is 19.1 Å². The Labute approximate surface area is 201 Å². The molecule has 1 unspecified atom stereocenters. The van der Waals surface area contributed by atoms with Gasteiger partial charge < -0.3 is 20.7 Å². The highest BCUT2D eigenvalue weighted by molar-refractivity contribution is 6.04. The normalized spacial score (nSPS) is 15.9. The van der Waals surface area contributed by atoms with Gasteiger partial charge in [0.15, 0.2) is 0 Å². The average Bonchev–Trinajstić information content (AvgIpc) is 2.84. The molecule has 0 aliphatic carbocycles. The first-order valence-electron chi connectivity index (χ1n) is 11.9. The summed E-state index contributed by atoms with van der Waals surface area (Å²) in [5, 5.41) is 8.67. The Hall–Kier alpha value is -3.39. The van der Waals surface area contributed by atoms with Gasteiger partial charge in [-0.1, -0.05) is 6.92 Å². The van der Waals surface area contributed by atoms with Crippen LogP contribution < -0.4 is 20.7 Å². The van der Waals surface area contributed by atoms with Gasteiger partial charge >= 0.3 is 0 Å². The van der Waals surface area contributed by atoms with Crippen molar-refractivity contribution >= 4 is 29.1 Å². The fraction of sp³-hybridized carbons (Fsp3) is 0.423. The lowest BCUT2D eigenvalue weighted by Gasteiger charge is -2.31. The number of likely N-dealkylation sites (tertiary alicyclic amines) is 1. The van der Waals surface area contributed by atoms with Crippen LogP contribution in [0.1, 0.15) is 43.5 Å². The van der Waals surface area contributed by atoms with Crippen LogP contribution in [0.4, 0.5) is 11.4 Å². The number of anilines is 2. The van der Waals surface area contributed by atoms with Gasteiger partial charge in [0, 0.05) is 30.0 Å². The number of ether oxygens (including phenoxy) is 1. The summed E-state index contributed by atoms with van der Waals surface area (Å²) in [7, 11) is 0. The molecule has 3 amide bonds. The van der Waals surface area contributed by atoms with E-state index in [9.17, 15) is 14.4 Å². The zero-order chi connectivity index (χ0) is 24.3. The number of nitrogens with one attached hydrogen (secondary N) is 3. The van der Waals surface area contributed by atoms with Crippen LogP contribution in [-0.2, 0) is 9.59 Å². The van der Waals surface area contributed by atoms with Gasteiger partial charge in [-0.05, 0) is 81.3 Å². The van der Waals surface area contributed by atoms with E-state index < -0.39 is 0 Å². The van der Waals surface area contributed by atoms with Gasteiger partial charge in [0.1, 0.15) is 5.75 Å². The SMILES string of the molecule is CCCNC(=O)C1CCCN(CC(=O)Nc2ccc(C(=O)Nc3ccc(OCC)cc3)cc2)C1. The second kappa shape index (κ2) is 12.7. The predicted octanol–water partition coefficient (Wildman–Crippen LogP) is 3.51. The van der Waals surface area contributed by atoms with Crippen molar-refractivity contribution in [3.63, 3.8) is 0 Å². The van der Waals surface area contributed by atoms with Gasteiger partial charge in [-0.25, -0.2) is 0 Å². The minimum Gasteiger partial charge on any atom is -0.494 e. The number of carbonyl (C=O) groups is 3. The zero-order valence-electron chi connectivity index (χ0n) is 19.9. The van der Waals surface area contributed by atoms with Crippen LogP contribution in [0.2, 0.25) is 0 Å². The first-order chi connectivity index (χ1) is 16.5. The lowest BCUT2D eigenvalue weighted by Crippen LogP contribution is -2.45. The van der Waals surface area contributed by atoms with Crippen LogP contribution in [0.5, 0.6) is 5.75 Å². The number of hydrogen-bond donors (Lipinski definition) is 3. The lowest BCUT2D eigenvalue weighted by atomic mass is 9.97. The van der Waals surface area contributed by atoms with E-state index in [1.165, 1.54) is 0 Å². The van der Waals surface area contributed by atoms with Crippen LogP contribution in [0.15, 0.2) is 48.5 Å². The third kappa shape index (κ3) is 7.59. The Balaban J connectivity index is 1.47. The molecule has 1 aliphatic rings. The van der Waals surface area contributed by atoms with E-state index in [1.807, 2.05) is 18.7 Å². The van der Waals surface area contributed by atoms with E-state index in [0.29, 0.717) is 36.6 Å². The highest BCUT2D eigenvalue weighted by Gasteiger charge is 2.26. The van der Waals surface area contributed by atoms with Crippen molar-refractivity contribution in [2.24, 2.45) is 5.92 Å². The Morgan fingerprint density at radius 3 is 2.32 bits per heavy atom. The fourth-order valence-electron chi connectivity index (χ4n) is 3.92. The van der Waals surface area contributed by atoms with Crippen molar-refractivity contribution in [1.82, 2.24) is 10.2 Å². The average molecular weight is 467 g/mol. The second-order valence-electron chi connectivity index (χ2n) is 8.40. The van der Waals surface area contributed by atoms with Crippen LogP contribution in [0, 0.1) is 5.92 Å². The maximum atomic E-state index is 12.5. The van der Waals surface area contributed by atoms with Crippen LogP contribution in [-0.4, -0.2) is 55.4 Å². The third-order valence-electron chi connectivity index (χ3n) is 5.65. The summed E-state index contributed by atoms with van der Waals surface area (Å²) in [6, 6.07) is 14.0. The van der Waals surface area contributed by atoms with E-state index in [2.05, 4.69) is 16.0 Å². The Morgan fingerprint density at radius 1 is 0.971 bits per heavy atom. The van der Waals surface area contributed by atoms with Gasteiger partial charge in [-0.3, -0.25) is 19.3 Å². The molecular formula is C26H34N4O4. The molecule has 8 heteroatoms. The molecule has 1 heterocycles. The van der Waals surface area contributed by atoms with Gasteiger partial charge in [0.2, 0.25) is 11.8 Å². The Kier molecular flexibility index (Phi) is 9.46. The molecule has 182 valence electrons. The van der Waals surface area contributed by atoms with E-state index in [0.717, 1.165) is 31.6 Å². The molecule has 1 aliphatic heterocycles. The maximum Gasteiger partial charge on any atom is 0.255 e. The maximum absolute atomic E-state index is 12.5. The summed E-state index contributed by atoms with van der Waals surface area (Å²) in [6.45, 7) is 6.84. The summed E-state index contributed by atoms with van der Waals surface area (Å²) in [5.41, 5.74) is 1.79. The molecule has 8 nitrogen and oxygen atoms in total. The summed E-state index contributed by atoms with van der Waals surface area (Å²) in [5.74, 6) is 0.386. The molecule has 34 heavy (non-hydrogen) atoms. The molecule has 3 rings (SSSR count). The smallest absolute Gasteiger partial charge is 0.255 e. The van der Waals surface area contributed by atoms with Crippen LogP contribution in [0.3, 0.4) is 0 Å². The Bertz CT molecular complexity index is 960. The molecule has 2 aromatic carbocycles. The number of piperidine rings is 1. The molecule has 0 spiro atoms. The molecule has 1 atom stereocenters. The van der Waals surface area contributed by atoms with Crippen LogP contribution in [0.25, 0.3) is 0 Å². The van der Waals surface area contributed by atoms with E-state index in [-0.39, 0.29) is 30.2 Å². The zero-order valence-corrected chi connectivity index (χ0v) is 19.9. The highest BCUT2D eigenvalue weighted by atomic mass is 16.5. The molecule has 2 aromatic rings. The summed E-state index contributed by atoms with van der Waals surface area (Å²) >= 11 is 0. The van der Waals surface area contributed by atoms with Gasteiger partial charge in [-0.15, -0.1) is 0 Å². The molecule has 1 fully saturated rings. The molecule has 0 saturated carbocycles. The first-order valence-corrected chi connectivity index (χ1v) is 11.9. The van der Waals surface area contributed by atoms with E-state index in [4.69, 9.17) is 4.74 Å². The summed E-state index contributed by atoms with van der Waals surface area (Å²) in [4.78, 5) is 39.3. The third-order valence-corrected chi connectivity index (χ3v) is 5.65. The van der Waals surface area contributed by atoms with Crippen molar-refractivity contribution in [2.75, 3.05) is 43.4 Å². The number of carbonyl (C=O) groups excluding carboxylic acids is 3. The topological polar surface area (TPSA) is 99.8 Å². The number of hydrogen-bond acceptors (Lipinski definition) is 5. The van der Waals surface area contributed by atoms with Crippen molar-refractivity contribution in [2.45, 2.75) is 33.1 Å². The van der Waals surface area contributed by atoms with Crippen molar-refractivity contribution in [1.29, 1.82) is 0 Å². The molecule has 1 saturated heterocycles. The predicted molar refractivity (Wildman–Crippen MR) is 133 cm³/mol. The summed E-state index contributed by atoms with van der Waals surface area (Å²) < 4.78 is 5.40. The minimum atomic E-state index is -0.234. The number of nitrogens with zero attached hydrogens (tertiary/aromatic N) is 1. The molecule has 0 aromatic heterocycles. The summed E-state index contributed by atoms with van der Waals surface area (Å²) in [6.07, 6.45) is 2.66. The van der Waals surface area contributed by atoms with E-state index >= 15 is 0 Å². The van der Waals surface area contributed by atoms with Gasteiger partial charge in [-0.2, -0.15) is 0 Å². The molecular weight excluding hydrogens is 432 g/mol. The highest BCUT2D eigenvalue weighted by Crippen LogP contribution is 2.18. The standard InChI is InChI=1S/C26H34N4O4/c1-3-15-27-25(32)20-6-5-16-30(17-20)18-24(31)28-21-9-7-19(8-10-21)26(33)29-22-11-13-23(14-12-22)34-4-2/h7-14,20H,3-6,15-18H2,1-2H3,(H,27,32)(H,28,31)(H,29,33).